The molecule has 1 saturated heterocycles. The summed E-state index contributed by atoms with van der Waals surface area (Å²) in [5, 5.41) is 8.88. The van der Waals surface area contributed by atoms with E-state index in [4.69, 9.17) is 4.74 Å². The maximum absolute atomic E-state index is 13.7. The van der Waals surface area contributed by atoms with Crippen molar-refractivity contribution in [1.29, 1.82) is 0 Å². The SMILES string of the molecule is COc1cccc(-c2ccc(N3CCCN(C(=O)CN(Cc4ccccc4)S(=O)(=O)c4ccc(C)cc4)CC3)nn2)c1. The van der Waals surface area contributed by atoms with E-state index in [0.29, 0.717) is 26.2 Å². The third-order valence-corrected chi connectivity index (χ3v) is 9.17. The number of carbonyl (C=O) groups is 1. The quantitative estimate of drug-likeness (QED) is 0.288. The molecule has 42 heavy (non-hydrogen) atoms. The Balaban J connectivity index is 1.27. The Bertz CT molecular complexity index is 1600. The number of nitrogens with zero attached hydrogens (tertiary/aromatic N) is 5. The molecule has 0 saturated carbocycles. The van der Waals surface area contributed by atoms with Gasteiger partial charge in [-0.3, -0.25) is 4.79 Å². The molecule has 0 bridgehead atoms. The van der Waals surface area contributed by atoms with Crippen LogP contribution in [0.15, 0.2) is 95.9 Å². The van der Waals surface area contributed by atoms with Crippen molar-refractivity contribution in [2.24, 2.45) is 0 Å². The molecule has 10 heteroatoms. The summed E-state index contributed by atoms with van der Waals surface area (Å²) in [5.74, 6) is 1.27. The number of amides is 1. The molecule has 0 unspecified atom stereocenters. The molecule has 3 aromatic carbocycles. The number of benzene rings is 3. The molecule has 1 fully saturated rings. The van der Waals surface area contributed by atoms with Gasteiger partial charge in [-0.05, 0) is 55.3 Å². The first-order valence-corrected chi connectivity index (χ1v) is 15.4. The van der Waals surface area contributed by atoms with Crippen molar-refractivity contribution in [2.75, 3.05) is 44.7 Å². The second kappa shape index (κ2) is 13.1. The summed E-state index contributed by atoms with van der Waals surface area (Å²) >= 11 is 0. The smallest absolute Gasteiger partial charge is 0.243 e. The monoisotopic (exact) mass is 585 g/mol. The van der Waals surface area contributed by atoms with Crippen LogP contribution in [0.3, 0.4) is 0 Å². The number of rotatable bonds is 9. The topological polar surface area (TPSA) is 95.9 Å². The van der Waals surface area contributed by atoms with Gasteiger partial charge in [0.2, 0.25) is 15.9 Å². The summed E-state index contributed by atoms with van der Waals surface area (Å²) < 4.78 is 33.9. The van der Waals surface area contributed by atoms with Crippen LogP contribution in [0.4, 0.5) is 5.82 Å². The molecule has 1 aliphatic heterocycles. The summed E-state index contributed by atoms with van der Waals surface area (Å²) in [4.78, 5) is 17.6. The Morgan fingerprint density at radius 3 is 2.38 bits per heavy atom. The molecule has 5 rings (SSSR count). The fourth-order valence-corrected chi connectivity index (χ4v) is 6.33. The molecular weight excluding hydrogens is 550 g/mol. The van der Waals surface area contributed by atoms with Crippen molar-refractivity contribution in [3.63, 3.8) is 0 Å². The van der Waals surface area contributed by atoms with Crippen molar-refractivity contribution >= 4 is 21.7 Å². The minimum Gasteiger partial charge on any atom is -0.497 e. The number of hydrogen-bond acceptors (Lipinski definition) is 7. The van der Waals surface area contributed by atoms with Crippen LogP contribution in [0.1, 0.15) is 17.5 Å². The van der Waals surface area contributed by atoms with E-state index in [0.717, 1.165) is 40.4 Å². The Morgan fingerprint density at radius 2 is 1.67 bits per heavy atom. The number of carbonyl (C=O) groups excluding carboxylic acids is 1. The minimum absolute atomic E-state index is 0.109. The van der Waals surface area contributed by atoms with Crippen LogP contribution in [0.5, 0.6) is 5.75 Å². The van der Waals surface area contributed by atoms with Crippen LogP contribution < -0.4 is 9.64 Å². The van der Waals surface area contributed by atoms with E-state index in [1.807, 2.05) is 73.7 Å². The summed E-state index contributed by atoms with van der Waals surface area (Å²) in [5.41, 5.74) is 3.45. The first kappa shape index (κ1) is 29.2. The molecule has 0 atom stereocenters. The zero-order valence-electron chi connectivity index (χ0n) is 23.9. The Hall–Kier alpha value is -4.28. The maximum atomic E-state index is 13.7. The van der Waals surface area contributed by atoms with Gasteiger partial charge in [0.15, 0.2) is 5.82 Å². The van der Waals surface area contributed by atoms with Gasteiger partial charge in [0, 0.05) is 38.3 Å². The lowest BCUT2D eigenvalue weighted by Crippen LogP contribution is -2.44. The molecule has 0 spiro atoms. The van der Waals surface area contributed by atoms with Crippen LogP contribution >= 0.6 is 0 Å². The molecule has 0 aliphatic carbocycles. The molecule has 0 N–H and O–H groups in total. The van der Waals surface area contributed by atoms with Gasteiger partial charge in [0.05, 0.1) is 24.2 Å². The number of ether oxygens (including phenoxy) is 1. The average molecular weight is 586 g/mol. The second-order valence-corrected chi connectivity index (χ2v) is 12.2. The van der Waals surface area contributed by atoms with Gasteiger partial charge < -0.3 is 14.5 Å². The number of aromatic nitrogens is 2. The molecule has 0 radical (unpaired) electrons. The summed E-state index contributed by atoms with van der Waals surface area (Å²) in [6, 6.07) is 27.6. The van der Waals surface area contributed by atoms with Crippen LogP contribution in [-0.4, -0.2) is 73.6 Å². The van der Waals surface area contributed by atoms with E-state index >= 15 is 0 Å². The largest absolute Gasteiger partial charge is 0.497 e. The number of anilines is 1. The van der Waals surface area contributed by atoms with E-state index < -0.39 is 10.0 Å². The van der Waals surface area contributed by atoms with Crippen molar-refractivity contribution in [3.05, 3.63) is 102 Å². The lowest BCUT2D eigenvalue weighted by Gasteiger charge is -2.27. The van der Waals surface area contributed by atoms with Crippen LogP contribution in [-0.2, 0) is 21.4 Å². The van der Waals surface area contributed by atoms with Gasteiger partial charge in [-0.15, -0.1) is 10.2 Å². The highest BCUT2D eigenvalue weighted by molar-refractivity contribution is 7.89. The maximum Gasteiger partial charge on any atom is 0.243 e. The highest BCUT2D eigenvalue weighted by Crippen LogP contribution is 2.24. The molecule has 2 heterocycles. The molecule has 218 valence electrons. The zero-order chi connectivity index (χ0) is 29.5. The fraction of sp³-hybridized carbons (Fsp3) is 0.281. The number of hydrogen-bond donors (Lipinski definition) is 0. The molecule has 1 aromatic heterocycles. The van der Waals surface area contributed by atoms with Gasteiger partial charge in [0.25, 0.3) is 0 Å². The van der Waals surface area contributed by atoms with Gasteiger partial charge >= 0.3 is 0 Å². The fourth-order valence-electron chi connectivity index (χ4n) is 4.95. The number of sulfonamides is 1. The molecule has 9 nitrogen and oxygen atoms in total. The first-order chi connectivity index (χ1) is 20.3. The standard InChI is InChI=1S/C32H35N5O4S/c1-25-12-14-29(15-13-25)42(39,40)37(23-26-8-4-3-5-9-26)24-32(38)36-19-7-18-35(20-21-36)31-17-16-30(33-34-31)27-10-6-11-28(22-27)41-2/h3-6,8-17,22H,7,18-21,23-24H2,1-2H3. The molecule has 1 aliphatic rings. The van der Waals surface area contributed by atoms with E-state index in [9.17, 15) is 13.2 Å². The van der Waals surface area contributed by atoms with Crippen molar-refractivity contribution < 1.29 is 17.9 Å². The predicted molar refractivity (Wildman–Crippen MR) is 163 cm³/mol. The Kier molecular flexibility index (Phi) is 9.14. The van der Waals surface area contributed by atoms with Crippen LogP contribution in [0.2, 0.25) is 0 Å². The van der Waals surface area contributed by atoms with E-state index in [-0.39, 0.29) is 23.9 Å². The second-order valence-electron chi connectivity index (χ2n) is 10.3. The lowest BCUT2D eigenvalue weighted by molar-refractivity contribution is -0.131. The van der Waals surface area contributed by atoms with E-state index in [1.54, 1.807) is 36.3 Å². The minimum atomic E-state index is -3.89. The normalized spacial score (nSPS) is 14.1. The Morgan fingerprint density at radius 1 is 0.881 bits per heavy atom. The van der Waals surface area contributed by atoms with Gasteiger partial charge in [-0.25, -0.2) is 8.42 Å². The Labute approximate surface area is 247 Å². The number of methoxy groups -OCH3 is 1. The summed E-state index contributed by atoms with van der Waals surface area (Å²) in [6.45, 7) is 4.06. The molecule has 4 aromatic rings. The van der Waals surface area contributed by atoms with Gasteiger partial charge in [0.1, 0.15) is 5.75 Å². The summed E-state index contributed by atoms with van der Waals surface area (Å²) in [7, 11) is -2.26. The van der Waals surface area contributed by atoms with Crippen LogP contribution in [0.25, 0.3) is 11.3 Å². The van der Waals surface area contributed by atoms with Gasteiger partial charge in [-0.1, -0.05) is 60.2 Å². The van der Waals surface area contributed by atoms with Crippen molar-refractivity contribution in [1.82, 2.24) is 19.4 Å². The van der Waals surface area contributed by atoms with E-state index in [1.165, 1.54) is 4.31 Å². The third kappa shape index (κ3) is 6.95. The van der Waals surface area contributed by atoms with E-state index in [2.05, 4.69) is 15.1 Å². The lowest BCUT2D eigenvalue weighted by atomic mass is 10.1. The first-order valence-electron chi connectivity index (χ1n) is 13.9. The van der Waals surface area contributed by atoms with Crippen molar-refractivity contribution in [3.8, 4) is 17.0 Å². The third-order valence-electron chi connectivity index (χ3n) is 7.36. The highest BCUT2D eigenvalue weighted by Gasteiger charge is 2.29. The molecular formula is C32H35N5O4S. The van der Waals surface area contributed by atoms with Gasteiger partial charge in [-0.2, -0.15) is 4.31 Å². The van der Waals surface area contributed by atoms with Crippen LogP contribution in [0, 0.1) is 6.92 Å². The van der Waals surface area contributed by atoms with Crippen molar-refractivity contribution in [2.45, 2.75) is 24.8 Å². The number of aryl methyl sites for hydroxylation is 1. The summed E-state index contributed by atoms with van der Waals surface area (Å²) in [6.07, 6.45) is 0.731. The zero-order valence-corrected chi connectivity index (χ0v) is 24.7. The highest BCUT2D eigenvalue weighted by atomic mass is 32.2. The molecule has 1 amide bonds. The predicted octanol–water partition coefficient (Wildman–Crippen LogP) is 4.39. The average Bonchev–Trinajstić information content (AvgIpc) is 3.28.